The second-order valence-electron chi connectivity index (χ2n) is 12.6. The Bertz CT molecular complexity index is 2520. The maximum Gasteiger partial charge on any atom is 0.227 e. The van der Waals surface area contributed by atoms with Gasteiger partial charge in [0.05, 0.1) is 5.56 Å². The molecule has 3 aromatic heterocycles. The number of aryl methyl sites for hydroxylation is 2. The summed E-state index contributed by atoms with van der Waals surface area (Å²) in [5.41, 5.74) is 16.2. The van der Waals surface area contributed by atoms with Crippen LogP contribution in [0, 0.1) is 6.92 Å². The van der Waals surface area contributed by atoms with Gasteiger partial charge in [0, 0.05) is 40.9 Å². The van der Waals surface area contributed by atoms with E-state index in [1.54, 1.807) is 6.20 Å². The highest BCUT2D eigenvalue weighted by Gasteiger charge is 2.41. The van der Waals surface area contributed by atoms with E-state index < -0.39 is 0 Å². The zero-order chi connectivity index (χ0) is 29.1. The molecule has 2 atom stereocenters. The first kappa shape index (κ1) is 24.2. The van der Waals surface area contributed by atoms with Crippen molar-refractivity contribution in [2.24, 2.45) is 7.05 Å². The number of aromatic nitrogens is 2. The fraction of sp³-hybridized carbons (Fsp3) is 0.122. The first-order valence-electron chi connectivity index (χ1n) is 15.5. The van der Waals surface area contributed by atoms with Gasteiger partial charge < -0.3 is 4.42 Å². The van der Waals surface area contributed by atoms with Crippen molar-refractivity contribution in [3.63, 3.8) is 0 Å². The number of pyridine rings is 2. The van der Waals surface area contributed by atoms with Crippen molar-refractivity contribution in [1.29, 1.82) is 0 Å². The van der Waals surface area contributed by atoms with E-state index in [1.165, 1.54) is 60.5 Å². The molecule has 0 radical (unpaired) electrons. The van der Waals surface area contributed by atoms with E-state index >= 15 is 0 Å². The summed E-state index contributed by atoms with van der Waals surface area (Å²) < 4.78 is 8.60. The molecule has 44 heavy (non-hydrogen) atoms. The molecule has 2 bridgehead atoms. The second-order valence-corrected chi connectivity index (χ2v) is 12.6. The van der Waals surface area contributed by atoms with Gasteiger partial charge in [0.15, 0.2) is 11.8 Å². The average molecular weight is 566 g/mol. The Balaban J connectivity index is 1.16. The van der Waals surface area contributed by atoms with E-state index in [0.29, 0.717) is 5.71 Å². The number of fused-ring (bicyclic) bond motifs is 4. The summed E-state index contributed by atoms with van der Waals surface area (Å²) in [5.74, 6) is 0.527. The molecule has 0 fully saturated rings. The molecule has 0 amide bonds. The molecule has 4 aliphatic rings. The van der Waals surface area contributed by atoms with Gasteiger partial charge in [0.25, 0.3) is 0 Å². The third-order valence-electron chi connectivity index (χ3n) is 10.3. The Hall–Kier alpha value is -5.28. The van der Waals surface area contributed by atoms with E-state index in [0.717, 1.165) is 34.0 Å². The van der Waals surface area contributed by atoms with E-state index in [-0.39, 0.29) is 11.8 Å². The summed E-state index contributed by atoms with van der Waals surface area (Å²) in [5, 5.41) is 4.93. The minimum atomic E-state index is 0.249. The van der Waals surface area contributed by atoms with Gasteiger partial charge in [-0.3, -0.25) is 0 Å². The predicted octanol–water partition coefficient (Wildman–Crippen LogP) is 7.40. The molecule has 4 aromatic carbocycles. The molecule has 208 valence electrons. The van der Waals surface area contributed by atoms with Crippen LogP contribution in [0.2, 0.25) is 0 Å². The standard InChI is InChI=1S/C41H29N2O/c1-23-12-14-31-32-11-6-17-42-41(32)44-40(31)37(23)36-22-27(16-18-43(36)2)26-13-15-30-33(21-26)39-29-10-4-3-9-28(29)38(30)34-19-24-7-5-8-25(24)20-35(34)39/h3-4,6-22,38-39H,5H2,1-2H3/q+1. The quantitative estimate of drug-likeness (QED) is 0.205. The lowest BCUT2D eigenvalue weighted by molar-refractivity contribution is -0.660. The number of rotatable bonds is 2. The maximum atomic E-state index is 6.40. The third kappa shape index (κ3) is 3.16. The lowest BCUT2D eigenvalue weighted by Crippen LogP contribution is -2.33. The molecule has 3 heteroatoms. The number of benzene rings is 4. The van der Waals surface area contributed by atoms with Gasteiger partial charge in [-0.15, -0.1) is 0 Å². The van der Waals surface area contributed by atoms with Crippen LogP contribution in [0.1, 0.15) is 57.2 Å². The largest absolute Gasteiger partial charge is 0.437 e. The Morgan fingerprint density at radius 2 is 1.39 bits per heavy atom. The van der Waals surface area contributed by atoms with E-state index in [1.807, 2.05) is 6.07 Å². The zero-order valence-corrected chi connectivity index (χ0v) is 24.6. The molecule has 3 nitrogen and oxygen atoms in total. The van der Waals surface area contributed by atoms with Crippen molar-refractivity contribution in [1.82, 2.24) is 4.98 Å². The number of hydrogen-bond acceptors (Lipinski definition) is 2. The van der Waals surface area contributed by atoms with Gasteiger partial charge in [-0.05, 0) is 92.1 Å². The Morgan fingerprint density at radius 3 is 2.18 bits per heavy atom. The lowest BCUT2D eigenvalue weighted by Gasteiger charge is -2.42. The van der Waals surface area contributed by atoms with Crippen LogP contribution < -0.4 is 15.0 Å². The maximum absolute atomic E-state index is 6.40. The van der Waals surface area contributed by atoms with Gasteiger partial charge >= 0.3 is 0 Å². The predicted molar refractivity (Wildman–Crippen MR) is 176 cm³/mol. The number of nitrogens with zero attached hydrogens (tertiary/aromatic N) is 2. The van der Waals surface area contributed by atoms with Crippen LogP contribution >= 0.6 is 0 Å². The van der Waals surface area contributed by atoms with Crippen molar-refractivity contribution in [3.8, 4) is 22.4 Å². The SMILES string of the molecule is Cc1ccc2c(oc3ncccc32)c1-c1cc(-c2ccc3c(c2)C2c4ccccc4C3c3cc4c(cc32)=CCC=4)cc[n+]1C. The Kier molecular flexibility index (Phi) is 4.75. The van der Waals surface area contributed by atoms with Crippen LogP contribution in [0.5, 0.6) is 0 Å². The van der Waals surface area contributed by atoms with Crippen molar-refractivity contribution in [2.75, 3.05) is 0 Å². The molecule has 0 aliphatic heterocycles. The molecule has 7 aromatic rings. The van der Waals surface area contributed by atoms with Crippen LogP contribution in [0.3, 0.4) is 0 Å². The van der Waals surface area contributed by atoms with Gasteiger partial charge in [-0.2, -0.15) is 0 Å². The summed E-state index contributed by atoms with van der Waals surface area (Å²) in [6.45, 7) is 2.17. The monoisotopic (exact) mass is 565 g/mol. The number of hydrogen-bond donors (Lipinski definition) is 0. The molecule has 4 aliphatic carbocycles. The smallest absolute Gasteiger partial charge is 0.227 e. The molecule has 2 unspecified atom stereocenters. The molecule has 0 saturated carbocycles. The highest BCUT2D eigenvalue weighted by molar-refractivity contribution is 6.08. The van der Waals surface area contributed by atoms with E-state index in [9.17, 15) is 0 Å². The fourth-order valence-electron chi connectivity index (χ4n) is 8.23. The summed E-state index contributed by atoms with van der Waals surface area (Å²) in [7, 11) is 2.12. The molecule has 3 heterocycles. The molecule has 0 spiro atoms. The molecule has 0 N–H and O–H groups in total. The normalized spacial score (nSPS) is 17.1. The van der Waals surface area contributed by atoms with Crippen molar-refractivity contribution >= 4 is 34.2 Å². The van der Waals surface area contributed by atoms with Crippen LogP contribution in [-0.4, -0.2) is 4.98 Å². The minimum absolute atomic E-state index is 0.249. The summed E-state index contributed by atoms with van der Waals surface area (Å²) in [4.78, 5) is 4.50. The van der Waals surface area contributed by atoms with Crippen molar-refractivity contribution in [2.45, 2.75) is 25.2 Å². The second kappa shape index (κ2) is 8.64. The molecule has 11 rings (SSSR count). The highest BCUT2D eigenvalue weighted by Crippen LogP contribution is 2.55. The fourth-order valence-corrected chi connectivity index (χ4v) is 8.23. The first-order valence-corrected chi connectivity index (χ1v) is 15.5. The van der Waals surface area contributed by atoms with E-state index in [2.05, 4.69) is 127 Å². The average Bonchev–Trinajstić information content (AvgIpc) is 3.68. The van der Waals surface area contributed by atoms with Crippen LogP contribution in [-0.2, 0) is 7.05 Å². The van der Waals surface area contributed by atoms with Crippen LogP contribution in [0.25, 0.3) is 56.6 Å². The van der Waals surface area contributed by atoms with Crippen LogP contribution in [0.4, 0.5) is 0 Å². The molecule has 0 saturated heterocycles. The summed E-state index contributed by atoms with van der Waals surface area (Å²) in [6, 6.07) is 34.2. The third-order valence-corrected chi connectivity index (χ3v) is 10.3. The highest BCUT2D eigenvalue weighted by atomic mass is 16.3. The van der Waals surface area contributed by atoms with Crippen LogP contribution in [0.15, 0.2) is 108 Å². The zero-order valence-electron chi connectivity index (χ0n) is 24.6. The molecular weight excluding hydrogens is 536 g/mol. The Labute approximate surface area is 255 Å². The Morgan fingerprint density at radius 1 is 0.682 bits per heavy atom. The number of furan rings is 1. The first-order chi connectivity index (χ1) is 21.6. The summed E-state index contributed by atoms with van der Waals surface area (Å²) in [6.07, 6.45) is 9.73. The summed E-state index contributed by atoms with van der Waals surface area (Å²) >= 11 is 0. The van der Waals surface area contributed by atoms with E-state index in [4.69, 9.17) is 4.42 Å². The minimum Gasteiger partial charge on any atom is -0.437 e. The molecular formula is C41H29N2O+. The van der Waals surface area contributed by atoms with Gasteiger partial charge in [-0.25, -0.2) is 9.55 Å². The topological polar surface area (TPSA) is 29.9 Å². The van der Waals surface area contributed by atoms with Crippen molar-refractivity contribution in [3.05, 3.63) is 153 Å². The van der Waals surface area contributed by atoms with Crippen molar-refractivity contribution < 1.29 is 8.98 Å². The lowest BCUT2D eigenvalue weighted by atomic mass is 9.60. The van der Waals surface area contributed by atoms with Gasteiger partial charge in [0.2, 0.25) is 11.4 Å². The van der Waals surface area contributed by atoms with Gasteiger partial charge in [0.1, 0.15) is 7.05 Å². The van der Waals surface area contributed by atoms with Gasteiger partial charge in [-0.1, -0.05) is 72.8 Å².